The molecule has 0 unspecified atom stereocenters. The molecule has 0 saturated carbocycles. The van der Waals surface area contributed by atoms with Gasteiger partial charge in [0.25, 0.3) is 0 Å². The Bertz CT molecular complexity index is 662. The van der Waals surface area contributed by atoms with Crippen molar-refractivity contribution in [2.24, 2.45) is 0 Å². The van der Waals surface area contributed by atoms with E-state index < -0.39 is 6.10 Å². The predicted octanol–water partition coefficient (Wildman–Crippen LogP) is 3.72. The molecule has 2 aromatic carbocycles. The lowest BCUT2D eigenvalue weighted by Gasteiger charge is -2.25. The van der Waals surface area contributed by atoms with Gasteiger partial charge in [-0.3, -0.25) is 4.79 Å². The maximum atomic E-state index is 11.9. The van der Waals surface area contributed by atoms with E-state index in [2.05, 4.69) is 0 Å². The highest BCUT2D eigenvalue weighted by atomic mass is 16.5. The zero-order valence-electron chi connectivity index (χ0n) is 12.2. The van der Waals surface area contributed by atoms with Crippen LogP contribution in [0.4, 0.5) is 0 Å². The predicted molar refractivity (Wildman–Crippen MR) is 84.0 cm³/mol. The minimum Gasteiger partial charge on any atom is -0.489 e. The Labute approximate surface area is 129 Å². The van der Waals surface area contributed by atoms with Gasteiger partial charge in [0, 0.05) is 12.5 Å². The molecule has 0 saturated heterocycles. The van der Waals surface area contributed by atoms with Gasteiger partial charge in [0.1, 0.15) is 11.9 Å². The van der Waals surface area contributed by atoms with Crippen LogP contribution in [-0.4, -0.2) is 10.9 Å². The number of carbonyl (C=O) groups is 1. The van der Waals surface area contributed by atoms with Gasteiger partial charge >= 0.3 is 0 Å². The standard InChI is InChI=1S/C19H18O3/c20-16-11-17(13-18(21)14-7-3-1-4-8-14)22-19(12-16)15-9-5-2-6-10-15/h1-11,18-19,21H,12-13H2/t18-,19-/m1/s1. The molecule has 0 amide bonds. The van der Waals surface area contributed by atoms with Crippen LogP contribution in [0.25, 0.3) is 0 Å². The van der Waals surface area contributed by atoms with Gasteiger partial charge in [-0.25, -0.2) is 0 Å². The van der Waals surface area contributed by atoms with Gasteiger partial charge in [0.05, 0.1) is 12.5 Å². The Kier molecular flexibility index (Phi) is 4.35. The molecule has 1 N–H and O–H groups in total. The van der Waals surface area contributed by atoms with Crippen LogP contribution in [0.2, 0.25) is 0 Å². The molecule has 2 aromatic rings. The Balaban J connectivity index is 1.72. The summed E-state index contributed by atoms with van der Waals surface area (Å²) in [5.74, 6) is 0.580. The summed E-state index contributed by atoms with van der Waals surface area (Å²) in [4.78, 5) is 11.9. The topological polar surface area (TPSA) is 46.5 Å². The third-order valence-corrected chi connectivity index (χ3v) is 3.75. The Morgan fingerprint density at radius 2 is 1.68 bits per heavy atom. The first kappa shape index (κ1) is 14.5. The molecule has 1 heterocycles. The largest absolute Gasteiger partial charge is 0.489 e. The average Bonchev–Trinajstić information content (AvgIpc) is 2.56. The van der Waals surface area contributed by atoms with Crippen molar-refractivity contribution in [1.82, 2.24) is 0 Å². The van der Waals surface area contributed by atoms with Crippen molar-refractivity contribution in [3.8, 4) is 0 Å². The lowest BCUT2D eigenvalue weighted by Crippen LogP contribution is -2.16. The fraction of sp³-hybridized carbons (Fsp3) is 0.211. The number of hydrogen-bond acceptors (Lipinski definition) is 3. The summed E-state index contributed by atoms with van der Waals surface area (Å²) in [5.41, 5.74) is 1.80. The Hall–Kier alpha value is -2.39. The van der Waals surface area contributed by atoms with Crippen molar-refractivity contribution in [3.05, 3.63) is 83.6 Å². The van der Waals surface area contributed by atoms with Crippen molar-refractivity contribution in [2.75, 3.05) is 0 Å². The maximum absolute atomic E-state index is 11.9. The van der Waals surface area contributed by atoms with Crippen LogP contribution >= 0.6 is 0 Å². The Morgan fingerprint density at radius 3 is 2.36 bits per heavy atom. The summed E-state index contributed by atoms with van der Waals surface area (Å²) < 4.78 is 5.92. The van der Waals surface area contributed by atoms with E-state index in [0.717, 1.165) is 11.1 Å². The first-order valence-corrected chi connectivity index (χ1v) is 7.40. The van der Waals surface area contributed by atoms with Crippen molar-refractivity contribution in [3.63, 3.8) is 0 Å². The molecule has 1 aliphatic rings. The lowest BCUT2D eigenvalue weighted by molar-refractivity contribution is -0.118. The average molecular weight is 294 g/mol. The van der Waals surface area contributed by atoms with Crippen LogP contribution in [0, 0.1) is 0 Å². The highest BCUT2D eigenvalue weighted by Gasteiger charge is 2.24. The zero-order chi connectivity index (χ0) is 15.4. The summed E-state index contributed by atoms with van der Waals surface area (Å²) in [6.45, 7) is 0. The molecule has 0 aliphatic carbocycles. The summed E-state index contributed by atoms with van der Waals surface area (Å²) in [6, 6.07) is 19.1. The van der Waals surface area contributed by atoms with Crippen LogP contribution in [0.5, 0.6) is 0 Å². The minimum absolute atomic E-state index is 0.0374. The number of hydrogen-bond donors (Lipinski definition) is 1. The Morgan fingerprint density at radius 1 is 1.05 bits per heavy atom. The quantitative estimate of drug-likeness (QED) is 0.934. The second kappa shape index (κ2) is 6.58. The van der Waals surface area contributed by atoms with Gasteiger partial charge in [-0.2, -0.15) is 0 Å². The van der Waals surface area contributed by atoms with E-state index in [9.17, 15) is 9.90 Å². The van der Waals surface area contributed by atoms with Gasteiger partial charge in [-0.05, 0) is 11.1 Å². The van der Waals surface area contributed by atoms with Crippen molar-refractivity contribution in [1.29, 1.82) is 0 Å². The molecule has 0 fully saturated rings. The highest BCUT2D eigenvalue weighted by Crippen LogP contribution is 2.32. The van der Waals surface area contributed by atoms with Crippen LogP contribution in [-0.2, 0) is 9.53 Å². The monoisotopic (exact) mass is 294 g/mol. The van der Waals surface area contributed by atoms with Gasteiger partial charge in [0.2, 0.25) is 0 Å². The van der Waals surface area contributed by atoms with Gasteiger partial charge in [0.15, 0.2) is 5.78 Å². The number of rotatable bonds is 4. The molecule has 2 atom stereocenters. The molecular formula is C19H18O3. The molecule has 112 valence electrons. The van der Waals surface area contributed by atoms with E-state index in [1.54, 1.807) is 0 Å². The first-order chi connectivity index (χ1) is 10.7. The van der Waals surface area contributed by atoms with E-state index in [-0.39, 0.29) is 11.9 Å². The summed E-state index contributed by atoms with van der Waals surface area (Å²) >= 11 is 0. The zero-order valence-corrected chi connectivity index (χ0v) is 12.2. The molecular weight excluding hydrogens is 276 g/mol. The third kappa shape index (κ3) is 3.43. The SMILES string of the molecule is O=C1C=C(C[C@@H](O)c2ccccc2)O[C@@H](c2ccccc2)C1. The van der Waals surface area contributed by atoms with Crippen molar-refractivity contribution in [2.45, 2.75) is 25.0 Å². The van der Waals surface area contributed by atoms with Gasteiger partial charge in [-0.15, -0.1) is 0 Å². The van der Waals surface area contributed by atoms with Crippen LogP contribution < -0.4 is 0 Å². The number of ketones is 1. The van der Waals surface area contributed by atoms with Crippen molar-refractivity contribution < 1.29 is 14.6 Å². The number of aliphatic hydroxyl groups is 1. The number of aliphatic hydroxyl groups excluding tert-OH is 1. The van der Waals surface area contributed by atoms with E-state index in [1.165, 1.54) is 6.08 Å². The second-order valence-electron chi connectivity index (χ2n) is 5.43. The molecule has 3 rings (SSSR count). The smallest absolute Gasteiger partial charge is 0.163 e. The second-order valence-corrected chi connectivity index (χ2v) is 5.43. The maximum Gasteiger partial charge on any atom is 0.163 e. The number of allylic oxidation sites excluding steroid dienone is 1. The van der Waals surface area contributed by atoms with Crippen LogP contribution in [0.1, 0.15) is 36.2 Å². The van der Waals surface area contributed by atoms with E-state index in [4.69, 9.17) is 4.74 Å². The van der Waals surface area contributed by atoms with Crippen molar-refractivity contribution >= 4 is 5.78 Å². The fourth-order valence-electron chi connectivity index (χ4n) is 2.62. The number of benzene rings is 2. The summed E-state index contributed by atoms with van der Waals surface area (Å²) in [7, 11) is 0. The van der Waals surface area contributed by atoms with Gasteiger partial charge in [-0.1, -0.05) is 60.7 Å². The molecule has 0 aromatic heterocycles. The molecule has 0 spiro atoms. The number of ether oxygens (including phenoxy) is 1. The van der Waals surface area contributed by atoms with E-state index in [0.29, 0.717) is 18.6 Å². The summed E-state index contributed by atoms with van der Waals surface area (Å²) in [5, 5.41) is 10.3. The fourth-order valence-corrected chi connectivity index (χ4v) is 2.62. The van der Waals surface area contributed by atoms with Crippen LogP contribution in [0.15, 0.2) is 72.5 Å². The highest BCUT2D eigenvalue weighted by molar-refractivity contribution is 5.91. The molecule has 0 radical (unpaired) electrons. The normalized spacial score (nSPS) is 19.2. The minimum atomic E-state index is -0.672. The van der Waals surface area contributed by atoms with E-state index in [1.807, 2.05) is 60.7 Å². The molecule has 3 heteroatoms. The first-order valence-electron chi connectivity index (χ1n) is 7.40. The van der Waals surface area contributed by atoms with Gasteiger partial charge < -0.3 is 9.84 Å². The number of carbonyl (C=O) groups excluding carboxylic acids is 1. The third-order valence-electron chi connectivity index (χ3n) is 3.75. The molecule has 0 bridgehead atoms. The molecule has 22 heavy (non-hydrogen) atoms. The molecule has 3 nitrogen and oxygen atoms in total. The lowest BCUT2D eigenvalue weighted by atomic mass is 9.99. The van der Waals surface area contributed by atoms with E-state index >= 15 is 0 Å². The van der Waals surface area contributed by atoms with Crippen LogP contribution in [0.3, 0.4) is 0 Å². The summed E-state index contributed by atoms with van der Waals surface area (Å²) in [6.07, 6.45) is 1.21. The molecule has 1 aliphatic heterocycles.